The Morgan fingerprint density at radius 1 is 1.07 bits per heavy atom. The van der Waals surface area contributed by atoms with Gasteiger partial charge in [-0.15, -0.1) is 0 Å². The lowest BCUT2D eigenvalue weighted by molar-refractivity contribution is 0.0728. The van der Waals surface area contributed by atoms with Crippen LogP contribution in [0.3, 0.4) is 0 Å². The first-order valence-corrected chi connectivity index (χ1v) is 11.2. The third-order valence-electron chi connectivity index (χ3n) is 6.23. The Balaban J connectivity index is 1.51. The average Bonchev–Trinajstić information content (AvgIpc) is 2.78. The highest BCUT2D eigenvalue weighted by atomic mass is 19.1. The molecule has 0 unspecified atom stereocenters. The molecule has 3 nitrogen and oxygen atoms in total. The second-order valence-electron chi connectivity index (χ2n) is 8.35. The molecule has 160 valence electrons. The fourth-order valence-corrected chi connectivity index (χ4v) is 4.37. The van der Waals surface area contributed by atoms with E-state index in [0.29, 0.717) is 17.2 Å². The Morgan fingerprint density at radius 3 is 2.43 bits per heavy atom. The molecule has 2 aromatic carbocycles. The molecule has 0 saturated heterocycles. The van der Waals surface area contributed by atoms with Gasteiger partial charge in [0.15, 0.2) is 11.6 Å². The van der Waals surface area contributed by atoms with Crippen LogP contribution in [0.15, 0.2) is 47.5 Å². The van der Waals surface area contributed by atoms with E-state index in [2.05, 4.69) is 18.6 Å². The van der Waals surface area contributed by atoms with Crippen molar-refractivity contribution in [3.63, 3.8) is 0 Å². The Hall–Kier alpha value is -2.49. The van der Waals surface area contributed by atoms with Crippen LogP contribution >= 0.6 is 0 Å². The summed E-state index contributed by atoms with van der Waals surface area (Å²) in [5.41, 5.74) is 2.10. The van der Waals surface area contributed by atoms with Crippen LogP contribution in [0, 0.1) is 11.7 Å². The van der Waals surface area contributed by atoms with Crippen molar-refractivity contribution >= 4 is 18.4 Å². The zero-order valence-corrected chi connectivity index (χ0v) is 17.9. The first-order chi connectivity index (χ1) is 14.6. The molecule has 0 aliphatic heterocycles. The summed E-state index contributed by atoms with van der Waals surface area (Å²) < 4.78 is 19.2. The molecular formula is C26H32FNO2. The normalized spacial score (nSPS) is 18.7. The van der Waals surface area contributed by atoms with Crippen LogP contribution in [-0.2, 0) is 0 Å². The highest BCUT2D eigenvalue weighted by Crippen LogP contribution is 2.38. The second kappa shape index (κ2) is 11.1. The standard InChI is InChI=1S/C26H32FNO2/c1-3-4-5-6-7-19-8-10-20(11-9-19)21-12-14-22(15-13-21)26(29)30-25-17-16-23(28-2)18-24(25)27/h12-20H,2-11H2,1H3. The minimum absolute atomic E-state index is 0.103. The molecule has 4 heteroatoms. The lowest BCUT2D eigenvalue weighted by Crippen LogP contribution is -2.14. The zero-order chi connectivity index (χ0) is 21.3. The van der Waals surface area contributed by atoms with E-state index < -0.39 is 11.8 Å². The van der Waals surface area contributed by atoms with Gasteiger partial charge in [-0.1, -0.05) is 51.2 Å². The number of carbonyl (C=O) groups excluding carboxylic acids is 1. The molecule has 0 aromatic heterocycles. The van der Waals surface area contributed by atoms with Gasteiger partial charge in [0.2, 0.25) is 0 Å². The van der Waals surface area contributed by atoms with Crippen molar-refractivity contribution in [3.05, 3.63) is 59.4 Å². The van der Waals surface area contributed by atoms with Crippen LogP contribution < -0.4 is 4.74 Å². The van der Waals surface area contributed by atoms with Gasteiger partial charge in [-0.2, -0.15) is 0 Å². The zero-order valence-electron chi connectivity index (χ0n) is 17.9. The number of benzene rings is 2. The molecule has 2 aromatic rings. The third kappa shape index (κ3) is 6.01. The van der Waals surface area contributed by atoms with Crippen molar-refractivity contribution in [1.82, 2.24) is 0 Å². The topological polar surface area (TPSA) is 38.7 Å². The van der Waals surface area contributed by atoms with E-state index in [1.54, 1.807) is 18.2 Å². The van der Waals surface area contributed by atoms with Crippen molar-refractivity contribution < 1.29 is 13.9 Å². The van der Waals surface area contributed by atoms with Gasteiger partial charge in [-0.05, 0) is 74.1 Å². The van der Waals surface area contributed by atoms with Crippen LogP contribution in [-0.4, -0.2) is 12.7 Å². The number of hydrogen-bond acceptors (Lipinski definition) is 3. The van der Waals surface area contributed by atoms with E-state index in [-0.39, 0.29) is 5.75 Å². The van der Waals surface area contributed by atoms with Crippen molar-refractivity contribution in [2.24, 2.45) is 10.9 Å². The summed E-state index contributed by atoms with van der Waals surface area (Å²) in [7, 11) is 0. The predicted octanol–water partition coefficient (Wildman–Crippen LogP) is 7.62. The van der Waals surface area contributed by atoms with E-state index in [1.807, 2.05) is 12.1 Å². The summed E-state index contributed by atoms with van der Waals surface area (Å²) in [4.78, 5) is 16.0. The van der Waals surface area contributed by atoms with Crippen LogP contribution in [0.2, 0.25) is 0 Å². The van der Waals surface area contributed by atoms with Gasteiger partial charge >= 0.3 is 5.97 Å². The maximum atomic E-state index is 14.0. The number of halogens is 1. The highest BCUT2D eigenvalue weighted by molar-refractivity contribution is 5.91. The van der Waals surface area contributed by atoms with Crippen molar-refractivity contribution in [1.29, 1.82) is 0 Å². The summed E-state index contributed by atoms with van der Waals surface area (Å²) in [6, 6.07) is 11.7. The minimum atomic E-state index is -0.628. The lowest BCUT2D eigenvalue weighted by atomic mass is 9.77. The number of nitrogens with zero attached hydrogens (tertiary/aromatic N) is 1. The van der Waals surface area contributed by atoms with Gasteiger partial charge in [0.1, 0.15) is 0 Å². The molecule has 3 rings (SSSR count). The summed E-state index contributed by atoms with van der Waals surface area (Å²) in [5, 5.41) is 0. The Morgan fingerprint density at radius 2 is 1.80 bits per heavy atom. The largest absolute Gasteiger partial charge is 0.420 e. The predicted molar refractivity (Wildman–Crippen MR) is 120 cm³/mol. The number of hydrogen-bond donors (Lipinski definition) is 0. The molecule has 1 saturated carbocycles. The van der Waals surface area contributed by atoms with Crippen molar-refractivity contribution in [3.8, 4) is 5.75 Å². The molecule has 0 atom stereocenters. The SMILES string of the molecule is C=Nc1ccc(OC(=O)c2ccc(C3CCC(CCCCCC)CC3)cc2)c(F)c1. The molecule has 0 bridgehead atoms. The molecule has 0 radical (unpaired) electrons. The summed E-state index contributed by atoms with van der Waals surface area (Å²) >= 11 is 0. The minimum Gasteiger partial charge on any atom is -0.420 e. The van der Waals surface area contributed by atoms with Gasteiger partial charge in [0.25, 0.3) is 0 Å². The first kappa shape index (κ1) is 22.2. The quantitative estimate of drug-likeness (QED) is 0.185. The molecule has 0 heterocycles. The van der Waals surface area contributed by atoms with Crippen LogP contribution in [0.4, 0.5) is 10.1 Å². The average molecular weight is 410 g/mol. The molecule has 0 amide bonds. The van der Waals surface area contributed by atoms with E-state index in [4.69, 9.17) is 4.74 Å². The van der Waals surface area contributed by atoms with Gasteiger partial charge < -0.3 is 4.74 Å². The summed E-state index contributed by atoms with van der Waals surface area (Å²) in [6.45, 7) is 5.61. The van der Waals surface area contributed by atoms with Gasteiger partial charge in [0.05, 0.1) is 11.3 Å². The number of rotatable bonds is 9. The van der Waals surface area contributed by atoms with Crippen LogP contribution in [0.5, 0.6) is 5.75 Å². The third-order valence-corrected chi connectivity index (χ3v) is 6.23. The lowest BCUT2D eigenvalue weighted by Gasteiger charge is -2.29. The molecule has 1 fully saturated rings. The monoisotopic (exact) mass is 409 g/mol. The summed E-state index contributed by atoms with van der Waals surface area (Å²) in [5.74, 6) is 0.156. The molecule has 1 aliphatic rings. The number of ether oxygens (including phenoxy) is 1. The molecular weight excluding hydrogens is 377 g/mol. The summed E-state index contributed by atoms with van der Waals surface area (Å²) in [6.07, 6.45) is 11.8. The molecule has 30 heavy (non-hydrogen) atoms. The maximum absolute atomic E-state index is 14.0. The number of unbranched alkanes of at least 4 members (excludes halogenated alkanes) is 3. The number of esters is 1. The van der Waals surface area contributed by atoms with E-state index in [1.165, 1.54) is 75.5 Å². The Bertz CT molecular complexity index is 839. The fourth-order valence-electron chi connectivity index (χ4n) is 4.37. The Kier molecular flexibility index (Phi) is 8.18. The highest BCUT2D eigenvalue weighted by Gasteiger charge is 2.22. The maximum Gasteiger partial charge on any atom is 0.343 e. The van der Waals surface area contributed by atoms with Gasteiger partial charge in [-0.25, -0.2) is 9.18 Å². The van der Waals surface area contributed by atoms with E-state index in [0.717, 1.165) is 5.92 Å². The van der Waals surface area contributed by atoms with Crippen molar-refractivity contribution in [2.75, 3.05) is 0 Å². The number of aliphatic imine (C=N–C) groups is 1. The molecule has 0 spiro atoms. The van der Waals surface area contributed by atoms with Gasteiger partial charge in [0, 0.05) is 6.07 Å². The van der Waals surface area contributed by atoms with Gasteiger partial charge in [-0.3, -0.25) is 4.99 Å². The second-order valence-corrected chi connectivity index (χ2v) is 8.35. The van der Waals surface area contributed by atoms with E-state index >= 15 is 0 Å². The fraction of sp³-hybridized carbons (Fsp3) is 0.462. The smallest absolute Gasteiger partial charge is 0.343 e. The van der Waals surface area contributed by atoms with Crippen LogP contribution in [0.1, 0.15) is 86.6 Å². The van der Waals surface area contributed by atoms with Crippen LogP contribution in [0.25, 0.3) is 0 Å². The molecule has 1 aliphatic carbocycles. The number of carbonyl (C=O) groups is 1. The van der Waals surface area contributed by atoms with Crippen molar-refractivity contribution in [2.45, 2.75) is 70.6 Å². The first-order valence-electron chi connectivity index (χ1n) is 11.2. The van der Waals surface area contributed by atoms with E-state index in [9.17, 15) is 9.18 Å². The molecule has 0 N–H and O–H groups in total. The Labute approximate surface area is 179 Å².